The Hall–Kier alpha value is -0.650. The Morgan fingerprint density at radius 3 is 2.78 bits per heavy atom. The summed E-state index contributed by atoms with van der Waals surface area (Å²) in [7, 11) is 1.41. The Kier molecular flexibility index (Phi) is 2.88. The fourth-order valence-corrected chi connectivity index (χ4v) is 3.47. The van der Waals surface area contributed by atoms with Crippen molar-refractivity contribution < 1.29 is 23.7 Å². The van der Waals surface area contributed by atoms with E-state index in [1.807, 2.05) is 13.8 Å². The maximum atomic E-state index is 11.3. The zero-order valence-corrected chi connectivity index (χ0v) is 11.0. The quantitative estimate of drug-likeness (QED) is 0.696. The number of rotatable bonds is 2. The highest BCUT2D eigenvalue weighted by Crippen LogP contribution is 2.48. The van der Waals surface area contributed by atoms with Crippen molar-refractivity contribution in [1.82, 2.24) is 0 Å². The molecule has 102 valence electrons. The van der Waals surface area contributed by atoms with Gasteiger partial charge in [0.2, 0.25) is 0 Å². The van der Waals surface area contributed by atoms with E-state index in [1.54, 1.807) is 0 Å². The molecule has 0 spiro atoms. The smallest absolute Gasteiger partial charge is 0.308 e. The van der Waals surface area contributed by atoms with Gasteiger partial charge in [0.1, 0.15) is 0 Å². The average Bonchev–Trinajstić information content (AvgIpc) is 2.86. The highest BCUT2D eigenvalue weighted by atomic mass is 16.8. The van der Waals surface area contributed by atoms with E-state index < -0.39 is 5.79 Å². The molecule has 0 aromatic carbocycles. The first-order valence-electron chi connectivity index (χ1n) is 6.56. The summed E-state index contributed by atoms with van der Waals surface area (Å²) in [4.78, 5) is 11.3. The maximum absolute atomic E-state index is 11.3. The highest BCUT2D eigenvalue weighted by molar-refractivity contribution is 5.69. The van der Waals surface area contributed by atoms with Crippen LogP contribution in [-0.4, -0.2) is 43.3 Å². The number of carbonyl (C=O) groups excluding carboxylic acids is 1. The van der Waals surface area contributed by atoms with Gasteiger partial charge in [0.15, 0.2) is 5.79 Å². The largest absolute Gasteiger partial charge is 0.469 e. The molecule has 2 heterocycles. The average molecular weight is 256 g/mol. The van der Waals surface area contributed by atoms with E-state index in [9.17, 15) is 4.79 Å². The molecule has 5 nitrogen and oxygen atoms in total. The van der Waals surface area contributed by atoms with E-state index >= 15 is 0 Å². The lowest BCUT2D eigenvalue weighted by Crippen LogP contribution is -2.27. The molecule has 1 saturated carbocycles. The summed E-state index contributed by atoms with van der Waals surface area (Å²) in [5.41, 5.74) is 0. The van der Waals surface area contributed by atoms with E-state index in [0.717, 1.165) is 12.8 Å². The Morgan fingerprint density at radius 2 is 2.06 bits per heavy atom. The second kappa shape index (κ2) is 4.18. The molecular formula is C13H20O5. The summed E-state index contributed by atoms with van der Waals surface area (Å²) < 4.78 is 22.4. The van der Waals surface area contributed by atoms with Crippen LogP contribution in [0.5, 0.6) is 0 Å². The lowest BCUT2D eigenvalue weighted by Gasteiger charge is -2.21. The van der Waals surface area contributed by atoms with Gasteiger partial charge < -0.3 is 18.9 Å². The molecule has 18 heavy (non-hydrogen) atoms. The van der Waals surface area contributed by atoms with E-state index in [2.05, 4.69) is 4.74 Å². The second-order valence-electron chi connectivity index (χ2n) is 5.85. The number of esters is 1. The van der Waals surface area contributed by atoms with Crippen molar-refractivity contribution in [2.24, 2.45) is 5.92 Å². The van der Waals surface area contributed by atoms with Gasteiger partial charge in [0.05, 0.1) is 37.9 Å². The number of methoxy groups -OCH3 is 1. The topological polar surface area (TPSA) is 54.0 Å². The first kappa shape index (κ1) is 12.4. The summed E-state index contributed by atoms with van der Waals surface area (Å²) >= 11 is 0. The van der Waals surface area contributed by atoms with Crippen LogP contribution in [-0.2, 0) is 23.7 Å². The molecule has 3 aliphatic rings. The van der Waals surface area contributed by atoms with E-state index in [4.69, 9.17) is 14.2 Å². The van der Waals surface area contributed by atoms with Crippen LogP contribution in [0.1, 0.15) is 33.1 Å². The first-order chi connectivity index (χ1) is 8.48. The Morgan fingerprint density at radius 1 is 1.28 bits per heavy atom. The molecule has 3 rings (SSSR count). The Balaban J connectivity index is 1.62. The van der Waals surface area contributed by atoms with Crippen LogP contribution >= 0.6 is 0 Å². The first-order valence-corrected chi connectivity index (χ1v) is 6.56. The minimum absolute atomic E-state index is 0.0271. The third-order valence-electron chi connectivity index (χ3n) is 4.11. The molecule has 0 aromatic heterocycles. The normalized spacial score (nSPS) is 44.7. The van der Waals surface area contributed by atoms with Crippen molar-refractivity contribution in [2.75, 3.05) is 7.11 Å². The second-order valence-corrected chi connectivity index (χ2v) is 5.85. The maximum Gasteiger partial charge on any atom is 0.308 e. The van der Waals surface area contributed by atoms with Crippen molar-refractivity contribution in [1.29, 1.82) is 0 Å². The Labute approximate surface area is 107 Å². The minimum Gasteiger partial charge on any atom is -0.469 e. The number of hydrogen-bond acceptors (Lipinski definition) is 5. The van der Waals surface area contributed by atoms with Crippen LogP contribution in [0.25, 0.3) is 0 Å². The van der Waals surface area contributed by atoms with Crippen LogP contribution in [0.4, 0.5) is 0 Å². The summed E-state index contributed by atoms with van der Waals surface area (Å²) in [6.45, 7) is 3.89. The van der Waals surface area contributed by atoms with Gasteiger partial charge in [0, 0.05) is 12.3 Å². The van der Waals surface area contributed by atoms with Gasteiger partial charge in [-0.05, 0) is 20.3 Å². The number of ether oxygens (including phenoxy) is 4. The van der Waals surface area contributed by atoms with E-state index in [1.165, 1.54) is 7.11 Å². The molecule has 0 N–H and O–H groups in total. The van der Waals surface area contributed by atoms with Crippen LogP contribution in [0.2, 0.25) is 0 Å². The molecule has 2 saturated heterocycles. The predicted molar refractivity (Wildman–Crippen MR) is 61.8 cm³/mol. The zero-order valence-electron chi connectivity index (χ0n) is 11.0. The van der Waals surface area contributed by atoms with Crippen molar-refractivity contribution in [2.45, 2.75) is 63.3 Å². The molecule has 0 aromatic rings. The molecule has 3 fully saturated rings. The third kappa shape index (κ3) is 2.04. The van der Waals surface area contributed by atoms with Gasteiger partial charge in [-0.2, -0.15) is 0 Å². The third-order valence-corrected chi connectivity index (χ3v) is 4.11. The summed E-state index contributed by atoms with van der Waals surface area (Å²) in [6, 6.07) is 0. The molecule has 5 atom stereocenters. The molecule has 1 aliphatic carbocycles. The molecule has 0 unspecified atom stereocenters. The fourth-order valence-electron chi connectivity index (χ4n) is 3.47. The van der Waals surface area contributed by atoms with Gasteiger partial charge in [-0.25, -0.2) is 0 Å². The van der Waals surface area contributed by atoms with E-state index in [-0.39, 0.29) is 30.4 Å². The number of carbonyl (C=O) groups is 1. The molecule has 0 bridgehead atoms. The van der Waals surface area contributed by atoms with Crippen LogP contribution in [0.15, 0.2) is 0 Å². The highest BCUT2D eigenvalue weighted by Gasteiger charge is 2.57. The van der Waals surface area contributed by atoms with Crippen molar-refractivity contribution >= 4 is 5.97 Å². The standard InChI is InChI=1S/C13H20O5/c1-13(2)17-10-6-9-8(12(10)18-13)4-7(16-9)5-11(14)15-3/h7-10,12H,4-6H2,1-3H3/t7-,8+,9+,10+,12-/m1/s1. The van der Waals surface area contributed by atoms with Crippen molar-refractivity contribution in [3.8, 4) is 0 Å². The number of hydrogen-bond donors (Lipinski definition) is 0. The van der Waals surface area contributed by atoms with Gasteiger partial charge in [-0.1, -0.05) is 0 Å². The molecule has 5 heteroatoms. The molecule has 2 aliphatic heterocycles. The summed E-state index contributed by atoms with van der Waals surface area (Å²) in [5.74, 6) is -0.340. The van der Waals surface area contributed by atoms with Crippen LogP contribution in [0, 0.1) is 5.92 Å². The zero-order chi connectivity index (χ0) is 12.9. The van der Waals surface area contributed by atoms with Gasteiger partial charge in [0.25, 0.3) is 0 Å². The van der Waals surface area contributed by atoms with Gasteiger partial charge in [-0.3, -0.25) is 4.79 Å². The van der Waals surface area contributed by atoms with Crippen molar-refractivity contribution in [3.05, 3.63) is 0 Å². The molecular weight excluding hydrogens is 236 g/mol. The van der Waals surface area contributed by atoms with Crippen LogP contribution < -0.4 is 0 Å². The van der Waals surface area contributed by atoms with Crippen LogP contribution in [0.3, 0.4) is 0 Å². The summed E-state index contributed by atoms with van der Waals surface area (Å²) in [5, 5.41) is 0. The van der Waals surface area contributed by atoms with E-state index in [0.29, 0.717) is 12.3 Å². The Bertz CT molecular complexity index is 353. The van der Waals surface area contributed by atoms with Crippen molar-refractivity contribution in [3.63, 3.8) is 0 Å². The predicted octanol–water partition coefficient (Wildman–Crippen LogP) is 1.25. The fraction of sp³-hybridized carbons (Fsp3) is 0.923. The monoisotopic (exact) mass is 256 g/mol. The lowest BCUT2D eigenvalue weighted by molar-refractivity contribution is -0.161. The van der Waals surface area contributed by atoms with Gasteiger partial charge >= 0.3 is 5.97 Å². The molecule has 0 amide bonds. The lowest BCUT2D eigenvalue weighted by atomic mass is 9.98. The number of fused-ring (bicyclic) bond motifs is 3. The minimum atomic E-state index is -0.485. The van der Waals surface area contributed by atoms with Gasteiger partial charge in [-0.15, -0.1) is 0 Å². The molecule has 0 radical (unpaired) electrons. The summed E-state index contributed by atoms with van der Waals surface area (Å²) in [6.07, 6.45) is 2.48. The SMILES string of the molecule is COC(=O)C[C@H]1C[C@@H]2[C@H]3OC(C)(C)O[C@H]3C[C@@H]2O1.